The van der Waals surface area contributed by atoms with Gasteiger partial charge in [0.15, 0.2) is 0 Å². The highest BCUT2D eigenvalue weighted by atomic mass is 32.2. The van der Waals surface area contributed by atoms with E-state index in [4.69, 9.17) is 0 Å². The summed E-state index contributed by atoms with van der Waals surface area (Å²) in [6.45, 7) is 2.73. The van der Waals surface area contributed by atoms with Crippen LogP contribution >= 0.6 is 11.8 Å². The molecule has 1 aliphatic heterocycles. The Morgan fingerprint density at radius 2 is 2.00 bits per heavy atom. The van der Waals surface area contributed by atoms with E-state index in [9.17, 15) is 4.79 Å². The van der Waals surface area contributed by atoms with Gasteiger partial charge in [0.2, 0.25) is 5.91 Å². The Bertz CT molecular complexity index is 917. The molecule has 6 nitrogen and oxygen atoms in total. The number of amides is 1. The van der Waals surface area contributed by atoms with Gasteiger partial charge in [-0.2, -0.15) is 10.2 Å². The molecule has 0 unspecified atom stereocenters. The van der Waals surface area contributed by atoms with Crippen molar-refractivity contribution in [2.45, 2.75) is 30.0 Å². The maximum absolute atomic E-state index is 13.0. The highest BCUT2D eigenvalue weighted by molar-refractivity contribution is 8.00. The van der Waals surface area contributed by atoms with Crippen LogP contribution in [0.1, 0.15) is 18.5 Å². The number of aromatic nitrogens is 4. The minimum atomic E-state index is -0.109. The van der Waals surface area contributed by atoms with Gasteiger partial charge < -0.3 is 4.90 Å². The number of anilines is 1. The predicted octanol–water partition coefficient (Wildman–Crippen LogP) is 3.20. The molecule has 1 amide bonds. The van der Waals surface area contributed by atoms with Gasteiger partial charge in [-0.3, -0.25) is 9.48 Å². The Labute approximate surface area is 156 Å². The number of para-hydroxylation sites is 1. The molecule has 0 N–H and O–H groups in total. The quantitative estimate of drug-likeness (QED) is 0.711. The Hall–Kier alpha value is -2.54. The highest BCUT2D eigenvalue weighted by Gasteiger charge is 2.32. The van der Waals surface area contributed by atoms with Crippen molar-refractivity contribution < 1.29 is 4.79 Å². The number of hydrogen-bond donors (Lipinski definition) is 0. The molecule has 0 aliphatic carbocycles. The normalized spacial score (nSPS) is 17.7. The molecule has 0 radical (unpaired) electrons. The maximum Gasteiger partial charge on any atom is 0.240 e. The van der Waals surface area contributed by atoms with Gasteiger partial charge in [-0.1, -0.05) is 30.0 Å². The van der Waals surface area contributed by atoms with Gasteiger partial charge in [0.1, 0.15) is 5.03 Å². The molecule has 2 aromatic heterocycles. The number of benzene rings is 1. The second kappa shape index (κ2) is 6.99. The van der Waals surface area contributed by atoms with Crippen molar-refractivity contribution in [3.05, 3.63) is 54.5 Å². The molecular weight excluding hydrogens is 346 g/mol. The van der Waals surface area contributed by atoms with Crippen molar-refractivity contribution in [3.8, 4) is 5.69 Å². The highest BCUT2D eigenvalue weighted by Crippen LogP contribution is 2.33. The number of carbonyl (C=O) groups excluding carboxylic acids is 1. The Kier molecular flexibility index (Phi) is 4.55. The zero-order chi connectivity index (χ0) is 18.1. The van der Waals surface area contributed by atoms with Crippen LogP contribution in [0, 0.1) is 6.92 Å². The van der Waals surface area contributed by atoms with Gasteiger partial charge in [-0.05, 0) is 38.0 Å². The first-order valence-corrected chi connectivity index (χ1v) is 9.58. The summed E-state index contributed by atoms with van der Waals surface area (Å²) in [6, 6.07) is 12.1. The average molecular weight is 367 g/mol. The molecule has 7 heteroatoms. The lowest BCUT2D eigenvalue weighted by Gasteiger charge is -2.30. The number of rotatable bonds is 4. The van der Waals surface area contributed by atoms with E-state index in [2.05, 4.69) is 10.2 Å². The van der Waals surface area contributed by atoms with Gasteiger partial charge >= 0.3 is 0 Å². The van der Waals surface area contributed by atoms with Crippen molar-refractivity contribution >= 4 is 23.4 Å². The lowest BCUT2D eigenvalue weighted by molar-refractivity contribution is -0.119. The van der Waals surface area contributed by atoms with Crippen LogP contribution in [0.4, 0.5) is 5.69 Å². The van der Waals surface area contributed by atoms with Gasteiger partial charge in [0, 0.05) is 19.8 Å². The van der Waals surface area contributed by atoms with Gasteiger partial charge in [0.25, 0.3) is 0 Å². The standard InChI is InChI=1S/C19H21N5OS/c1-14-11-18(24(21-14)15-7-4-3-5-8-15)26-17-9-6-10-23(19(17)25)16-12-20-22(2)13-16/h3-5,7-8,11-13,17H,6,9-10H2,1-2H3/t17-/m0/s1. The molecule has 0 spiro atoms. The van der Waals surface area contributed by atoms with Crippen LogP contribution in [-0.2, 0) is 11.8 Å². The monoisotopic (exact) mass is 367 g/mol. The van der Waals surface area contributed by atoms with E-state index in [1.54, 1.807) is 22.6 Å². The Morgan fingerprint density at radius 3 is 2.73 bits per heavy atom. The Morgan fingerprint density at radius 1 is 1.19 bits per heavy atom. The fourth-order valence-electron chi connectivity index (χ4n) is 3.22. The summed E-state index contributed by atoms with van der Waals surface area (Å²) in [5.41, 5.74) is 2.83. The van der Waals surface area contributed by atoms with E-state index in [0.717, 1.165) is 41.5 Å². The van der Waals surface area contributed by atoms with Crippen molar-refractivity contribution in [2.75, 3.05) is 11.4 Å². The predicted molar refractivity (Wildman–Crippen MR) is 103 cm³/mol. The lowest BCUT2D eigenvalue weighted by Crippen LogP contribution is -2.42. The topological polar surface area (TPSA) is 56.0 Å². The largest absolute Gasteiger partial charge is 0.309 e. The fraction of sp³-hybridized carbons (Fsp3) is 0.316. The van der Waals surface area contributed by atoms with Gasteiger partial charge in [-0.25, -0.2) is 4.68 Å². The van der Waals surface area contributed by atoms with Crippen molar-refractivity contribution in [1.82, 2.24) is 19.6 Å². The van der Waals surface area contributed by atoms with E-state index < -0.39 is 0 Å². The summed E-state index contributed by atoms with van der Waals surface area (Å²) >= 11 is 1.60. The number of piperidine rings is 1. The van der Waals surface area contributed by atoms with Crippen molar-refractivity contribution in [1.29, 1.82) is 0 Å². The first-order valence-electron chi connectivity index (χ1n) is 8.70. The number of hydrogen-bond acceptors (Lipinski definition) is 4. The number of carbonyl (C=O) groups is 1. The molecule has 1 atom stereocenters. The van der Waals surface area contributed by atoms with Crippen LogP contribution in [0.2, 0.25) is 0 Å². The summed E-state index contributed by atoms with van der Waals surface area (Å²) in [7, 11) is 1.87. The van der Waals surface area contributed by atoms with Crippen molar-refractivity contribution in [3.63, 3.8) is 0 Å². The second-order valence-corrected chi connectivity index (χ2v) is 7.71. The number of nitrogens with zero attached hydrogens (tertiary/aromatic N) is 5. The van der Waals surface area contributed by atoms with Crippen molar-refractivity contribution in [2.24, 2.45) is 7.05 Å². The Balaban J connectivity index is 1.58. The third kappa shape index (κ3) is 3.26. The van der Waals surface area contributed by atoms with Crippen LogP contribution in [0.3, 0.4) is 0 Å². The van der Waals surface area contributed by atoms with Crippen LogP contribution in [0.5, 0.6) is 0 Å². The first kappa shape index (κ1) is 16.9. The van der Waals surface area contributed by atoms with Crippen LogP contribution < -0.4 is 4.90 Å². The number of aryl methyl sites for hydroxylation is 2. The summed E-state index contributed by atoms with van der Waals surface area (Å²) in [6.07, 6.45) is 5.50. The van der Waals surface area contributed by atoms with E-state index in [1.165, 1.54) is 0 Å². The SMILES string of the molecule is Cc1cc(S[C@H]2CCCN(c3cnn(C)c3)C2=O)n(-c2ccccc2)n1. The molecule has 0 bridgehead atoms. The van der Waals surface area contributed by atoms with Gasteiger partial charge in [-0.15, -0.1) is 0 Å². The molecule has 1 aliphatic rings. The molecule has 134 valence electrons. The van der Waals surface area contributed by atoms with E-state index in [1.807, 2.05) is 66.1 Å². The lowest BCUT2D eigenvalue weighted by atomic mass is 10.1. The molecule has 1 fully saturated rings. The molecule has 1 saturated heterocycles. The molecule has 26 heavy (non-hydrogen) atoms. The minimum Gasteiger partial charge on any atom is -0.309 e. The molecule has 4 rings (SSSR count). The molecular formula is C19H21N5OS. The van der Waals surface area contributed by atoms with E-state index in [-0.39, 0.29) is 11.2 Å². The third-order valence-corrected chi connectivity index (χ3v) is 5.71. The van der Waals surface area contributed by atoms with E-state index in [0.29, 0.717) is 0 Å². The summed E-state index contributed by atoms with van der Waals surface area (Å²) < 4.78 is 3.66. The van der Waals surface area contributed by atoms with Gasteiger partial charge in [0.05, 0.1) is 28.5 Å². The van der Waals surface area contributed by atoms with E-state index >= 15 is 0 Å². The molecule has 3 heterocycles. The summed E-state index contributed by atoms with van der Waals surface area (Å²) in [5.74, 6) is 0.146. The second-order valence-electron chi connectivity index (χ2n) is 6.48. The molecule has 0 saturated carbocycles. The fourth-order valence-corrected chi connectivity index (χ4v) is 4.50. The molecule has 3 aromatic rings. The minimum absolute atomic E-state index is 0.109. The summed E-state index contributed by atoms with van der Waals surface area (Å²) in [5, 5.41) is 9.70. The van der Waals surface area contributed by atoms with Crippen LogP contribution in [-0.4, -0.2) is 37.3 Å². The third-order valence-electron chi connectivity index (χ3n) is 4.46. The zero-order valence-corrected chi connectivity index (χ0v) is 15.7. The maximum atomic E-state index is 13.0. The first-order chi connectivity index (χ1) is 12.6. The van der Waals surface area contributed by atoms with Crippen LogP contribution in [0.25, 0.3) is 5.69 Å². The average Bonchev–Trinajstić information content (AvgIpc) is 3.23. The smallest absolute Gasteiger partial charge is 0.240 e. The zero-order valence-electron chi connectivity index (χ0n) is 14.9. The molecule has 1 aromatic carbocycles. The number of thioether (sulfide) groups is 1. The summed E-state index contributed by atoms with van der Waals surface area (Å²) in [4.78, 5) is 14.9. The van der Waals surface area contributed by atoms with Crippen LogP contribution in [0.15, 0.2) is 53.8 Å².